The largest absolute Gasteiger partial charge is 0.419 e. The van der Waals surface area contributed by atoms with Crippen molar-refractivity contribution in [3.63, 3.8) is 0 Å². The van der Waals surface area contributed by atoms with Gasteiger partial charge in [-0.3, -0.25) is 4.90 Å². The van der Waals surface area contributed by atoms with Crippen molar-refractivity contribution in [2.24, 2.45) is 0 Å². The number of hydrogen-bond donors (Lipinski definition) is 0. The van der Waals surface area contributed by atoms with Crippen LogP contribution in [0.25, 0.3) is 0 Å². The number of nitrogens with zero attached hydrogens (tertiary/aromatic N) is 5. The molecule has 9 heteroatoms. The van der Waals surface area contributed by atoms with E-state index in [0.717, 1.165) is 30.5 Å². The fraction of sp³-hybridized carbons (Fsp3) is 0.500. The number of benzene rings is 1. The highest BCUT2D eigenvalue weighted by Gasteiger charge is 2.33. The van der Waals surface area contributed by atoms with E-state index in [0.29, 0.717) is 32.4 Å². The highest BCUT2D eigenvalue weighted by atomic mass is 19.4. The second-order valence-electron chi connectivity index (χ2n) is 7.54. The third kappa shape index (κ3) is 4.39. The molecule has 2 saturated heterocycles. The maximum absolute atomic E-state index is 12.7. The van der Waals surface area contributed by atoms with Gasteiger partial charge in [-0.25, -0.2) is 4.79 Å². The van der Waals surface area contributed by atoms with Crippen LogP contribution < -0.4 is 4.90 Å². The SMILES string of the molecule is O=C(N1CCN(Cc2ccccc2N2CCCC2)CC1)n1cc(C(F)(F)F)cn1. The van der Waals surface area contributed by atoms with Crippen LogP contribution in [0.5, 0.6) is 0 Å². The lowest BCUT2D eigenvalue weighted by atomic mass is 10.1. The summed E-state index contributed by atoms with van der Waals surface area (Å²) in [6.07, 6.45) is -0.623. The zero-order valence-corrected chi connectivity index (χ0v) is 16.1. The molecule has 0 aliphatic carbocycles. The van der Waals surface area contributed by atoms with E-state index in [2.05, 4.69) is 33.1 Å². The van der Waals surface area contributed by atoms with E-state index in [1.54, 1.807) is 4.90 Å². The Labute approximate surface area is 167 Å². The van der Waals surface area contributed by atoms with Gasteiger partial charge in [-0.15, -0.1) is 0 Å². The average Bonchev–Trinajstić information content (AvgIpc) is 3.40. The van der Waals surface area contributed by atoms with Crippen LogP contribution in [0.4, 0.5) is 23.7 Å². The topological polar surface area (TPSA) is 44.6 Å². The number of carbonyl (C=O) groups excluding carboxylic acids is 1. The van der Waals surface area contributed by atoms with Crippen LogP contribution in [0.1, 0.15) is 24.0 Å². The second-order valence-corrected chi connectivity index (χ2v) is 7.54. The van der Waals surface area contributed by atoms with E-state index in [-0.39, 0.29) is 0 Å². The first-order valence-electron chi connectivity index (χ1n) is 9.88. The third-order valence-electron chi connectivity index (χ3n) is 5.58. The lowest BCUT2D eigenvalue weighted by Gasteiger charge is -2.35. The Kier molecular flexibility index (Phi) is 5.49. The van der Waals surface area contributed by atoms with Crippen molar-refractivity contribution in [3.05, 3.63) is 47.8 Å². The van der Waals surface area contributed by atoms with Gasteiger partial charge < -0.3 is 9.80 Å². The summed E-state index contributed by atoms with van der Waals surface area (Å²) in [5.41, 5.74) is 1.64. The summed E-state index contributed by atoms with van der Waals surface area (Å²) in [7, 11) is 0. The van der Waals surface area contributed by atoms with E-state index in [1.165, 1.54) is 24.1 Å². The van der Waals surface area contributed by atoms with Crippen LogP contribution in [0.2, 0.25) is 0 Å². The van der Waals surface area contributed by atoms with Crippen molar-refractivity contribution in [3.8, 4) is 0 Å². The molecular weight excluding hydrogens is 383 g/mol. The minimum absolute atomic E-state index is 0.464. The number of hydrogen-bond acceptors (Lipinski definition) is 4. The molecule has 0 atom stereocenters. The Morgan fingerprint density at radius 2 is 1.69 bits per heavy atom. The smallest absolute Gasteiger partial charge is 0.371 e. The van der Waals surface area contributed by atoms with Gasteiger partial charge in [-0.1, -0.05) is 18.2 Å². The molecule has 2 aliphatic rings. The van der Waals surface area contributed by atoms with Gasteiger partial charge in [0.25, 0.3) is 0 Å². The Morgan fingerprint density at radius 1 is 1.00 bits per heavy atom. The van der Waals surface area contributed by atoms with Crippen molar-refractivity contribution < 1.29 is 18.0 Å². The quantitative estimate of drug-likeness (QED) is 0.783. The maximum Gasteiger partial charge on any atom is 0.419 e. The Bertz CT molecular complexity index is 852. The predicted octanol–water partition coefficient (Wildman–Crippen LogP) is 3.29. The standard InChI is InChI=1S/C20H24F3N5O/c21-20(22,23)17-13-24-28(15-17)19(29)27-11-9-25(10-12-27)14-16-5-1-2-6-18(16)26-7-3-4-8-26/h1-2,5-6,13,15H,3-4,7-12,14H2. The van der Waals surface area contributed by atoms with Crippen LogP contribution in [-0.2, 0) is 12.7 Å². The molecule has 0 saturated carbocycles. The fourth-order valence-corrected chi connectivity index (χ4v) is 3.97. The Hall–Kier alpha value is -2.55. The first kappa shape index (κ1) is 19.8. The van der Waals surface area contributed by atoms with Gasteiger partial charge in [0.1, 0.15) is 0 Å². The van der Waals surface area contributed by atoms with Crippen LogP contribution in [-0.4, -0.2) is 64.9 Å². The summed E-state index contributed by atoms with van der Waals surface area (Å²) in [6, 6.07) is 7.90. The van der Waals surface area contributed by atoms with E-state index >= 15 is 0 Å². The molecule has 1 amide bonds. The summed E-state index contributed by atoms with van der Waals surface area (Å²) >= 11 is 0. The van der Waals surface area contributed by atoms with Gasteiger partial charge in [0, 0.05) is 57.7 Å². The number of carbonyl (C=O) groups is 1. The van der Waals surface area contributed by atoms with Gasteiger partial charge in [0.05, 0.1) is 11.8 Å². The molecule has 0 spiro atoms. The van der Waals surface area contributed by atoms with Crippen molar-refractivity contribution in [1.29, 1.82) is 0 Å². The van der Waals surface area contributed by atoms with Crippen LogP contribution in [0.15, 0.2) is 36.7 Å². The third-order valence-corrected chi connectivity index (χ3v) is 5.58. The predicted molar refractivity (Wildman–Crippen MR) is 103 cm³/mol. The summed E-state index contributed by atoms with van der Waals surface area (Å²) < 4.78 is 38.9. The number of aromatic nitrogens is 2. The zero-order chi connectivity index (χ0) is 20.4. The number of amides is 1. The fourth-order valence-electron chi connectivity index (χ4n) is 3.97. The summed E-state index contributed by atoms with van der Waals surface area (Å²) in [5.74, 6) is 0. The van der Waals surface area contributed by atoms with Crippen molar-refractivity contribution in [1.82, 2.24) is 19.6 Å². The lowest BCUT2D eigenvalue weighted by Crippen LogP contribution is -2.49. The molecule has 0 unspecified atom stereocenters. The number of para-hydroxylation sites is 1. The van der Waals surface area contributed by atoms with Crippen molar-refractivity contribution in [2.45, 2.75) is 25.6 Å². The van der Waals surface area contributed by atoms with E-state index in [4.69, 9.17) is 0 Å². The number of piperazine rings is 1. The Balaban J connectivity index is 1.35. The monoisotopic (exact) mass is 407 g/mol. The number of halogens is 3. The molecule has 29 heavy (non-hydrogen) atoms. The molecule has 1 aromatic heterocycles. The molecule has 2 aliphatic heterocycles. The van der Waals surface area contributed by atoms with Gasteiger partial charge in [-0.2, -0.15) is 23.0 Å². The second kappa shape index (κ2) is 8.06. The molecule has 0 bridgehead atoms. The van der Waals surface area contributed by atoms with Gasteiger partial charge >= 0.3 is 12.2 Å². The van der Waals surface area contributed by atoms with Crippen LogP contribution >= 0.6 is 0 Å². The van der Waals surface area contributed by atoms with Crippen molar-refractivity contribution in [2.75, 3.05) is 44.2 Å². The minimum atomic E-state index is -4.50. The maximum atomic E-state index is 12.7. The van der Waals surface area contributed by atoms with Gasteiger partial charge in [0.2, 0.25) is 0 Å². The molecule has 4 rings (SSSR count). The molecule has 156 valence electrons. The normalized spacial score (nSPS) is 18.4. The first-order valence-corrected chi connectivity index (χ1v) is 9.88. The number of alkyl halides is 3. The minimum Gasteiger partial charge on any atom is -0.371 e. The van der Waals surface area contributed by atoms with E-state index in [9.17, 15) is 18.0 Å². The van der Waals surface area contributed by atoms with Crippen molar-refractivity contribution >= 4 is 11.7 Å². The van der Waals surface area contributed by atoms with E-state index in [1.807, 2.05) is 6.07 Å². The summed E-state index contributed by atoms with van der Waals surface area (Å²) in [4.78, 5) is 18.7. The number of anilines is 1. The van der Waals surface area contributed by atoms with Crippen LogP contribution in [0.3, 0.4) is 0 Å². The highest BCUT2D eigenvalue weighted by Crippen LogP contribution is 2.29. The molecule has 6 nitrogen and oxygen atoms in total. The Morgan fingerprint density at radius 3 is 2.34 bits per heavy atom. The molecule has 2 fully saturated rings. The van der Waals surface area contributed by atoms with Crippen LogP contribution in [0, 0.1) is 0 Å². The van der Waals surface area contributed by atoms with Gasteiger partial charge in [0.15, 0.2) is 0 Å². The summed E-state index contributed by atoms with van der Waals surface area (Å²) in [6.45, 7) is 5.25. The molecule has 2 aromatic rings. The zero-order valence-electron chi connectivity index (χ0n) is 16.1. The lowest BCUT2D eigenvalue weighted by molar-refractivity contribution is -0.137. The average molecular weight is 407 g/mol. The highest BCUT2D eigenvalue weighted by molar-refractivity contribution is 5.76. The molecular formula is C20H24F3N5O. The first-order chi connectivity index (χ1) is 13.9. The van der Waals surface area contributed by atoms with E-state index < -0.39 is 17.8 Å². The molecule has 1 aromatic carbocycles. The molecule has 3 heterocycles. The molecule has 0 N–H and O–H groups in total. The number of rotatable bonds is 3. The summed E-state index contributed by atoms with van der Waals surface area (Å²) in [5, 5.41) is 3.59. The van der Waals surface area contributed by atoms with Gasteiger partial charge in [-0.05, 0) is 24.5 Å². The molecule has 0 radical (unpaired) electrons.